The van der Waals surface area contributed by atoms with Crippen LogP contribution in [0.1, 0.15) is 24.3 Å². The van der Waals surface area contributed by atoms with E-state index < -0.39 is 24.0 Å². The van der Waals surface area contributed by atoms with Crippen molar-refractivity contribution >= 4 is 11.9 Å². The highest BCUT2D eigenvalue weighted by Crippen LogP contribution is 2.26. The summed E-state index contributed by atoms with van der Waals surface area (Å²) in [6.45, 7) is 0. The van der Waals surface area contributed by atoms with Gasteiger partial charge in [-0.25, -0.2) is 0 Å². The average molecular weight is 263 g/mol. The summed E-state index contributed by atoms with van der Waals surface area (Å²) in [5, 5.41) is 12.4. The number of benzene rings is 1. The number of amides is 1. The fraction of sp³-hybridized carbons (Fsp3) is 0.429. The van der Waals surface area contributed by atoms with Crippen LogP contribution in [0.5, 0.6) is 0 Å². The van der Waals surface area contributed by atoms with Crippen molar-refractivity contribution in [3.05, 3.63) is 35.9 Å². The van der Waals surface area contributed by atoms with Crippen molar-refractivity contribution in [2.45, 2.75) is 30.9 Å². The van der Waals surface area contributed by atoms with Crippen LogP contribution >= 0.6 is 0 Å². The van der Waals surface area contributed by atoms with Gasteiger partial charge in [0.15, 0.2) is 0 Å². The Bertz CT molecular complexity index is 460. The van der Waals surface area contributed by atoms with Crippen LogP contribution in [0.15, 0.2) is 30.3 Å². The number of methoxy groups -OCH3 is 1. The second kappa shape index (κ2) is 5.84. The van der Waals surface area contributed by atoms with E-state index in [0.717, 1.165) is 5.56 Å². The van der Waals surface area contributed by atoms with Crippen LogP contribution in [0, 0.1) is 0 Å². The molecule has 0 aromatic heterocycles. The second-order valence-electron chi connectivity index (χ2n) is 4.68. The van der Waals surface area contributed by atoms with Crippen molar-refractivity contribution in [3.8, 4) is 0 Å². The molecule has 5 nitrogen and oxygen atoms in total. The summed E-state index contributed by atoms with van der Waals surface area (Å²) in [4.78, 5) is 23.5. The SMILES string of the molecule is COC(=O)C(c1ccccc1)C1CC(O)CC(=O)N1. The Hall–Kier alpha value is -1.88. The summed E-state index contributed by atoms with van der Waals surface area (Å²) in [7, 11) is 1.32. The molecule has 0 radical (unpaired) electrons. The first-order valence-corrected chi connectivity index (χ1v) is 6.22. The molecule has 1 fully saturated rings. The molecule has 1 aromatic carbocycles. The Morgan fingerprint density at radius 3 is 2.68 bits per heavy atom. The number of esters is 1. The van der Waals surface area contributed by atoms with Crippen LogP contribution < -0.4 is 5.32 Å². The van der Waals surface area contributed by atoms with Gasteiger partial charge in [0.2, 0.25) is 5.91 Å². The van der Waals surface area contributed by atoms with Crippen LogP contribution in [-0.4, -0.2) is 36.2 Å². The number of aliphatic hydroxyl groups excluding tert-OH is 1. The van der Waals surface area contributed by atoms with Crippen LogP contribution in [0.4, 0.5) is 0 Å². The number of ether oxygens (including phenoxy) is 1. The van der Waals surface area contributed by atoms with Gasteiger partial charge >= 0.3 is 5.97 Å². The van der Waals surface area contributed by atoms with Crippen molar-refractivity contribution in [3.63, 3.8) is 0 Å². The first kappa shape index (κ1) is 13.5. The molecule has 2 rings (SSSR count). The lowest BCUT2D eigenvalue weighted by atomic mass is 9.85. The van der Waals surface area contributed by atoms with E-state index in [1.165, 1.54) is 7.11 Å². The molecule has 2 N–H and O–H groups in total. The monoisotopic (exact) mass is 263 g/mol. The minimum Gasteiger partial charge on any atom is -0.468 e. The molecule has 102 valence electrons. The third kappa shape index (κ3) is 3.12. The molecule has 0 spiro atoms. The molecule has 1 aromatic rings. The first-order valence-electron chi connectivity index (χ1n) is 6.22. The van der Waals surface area contributed by atoms with E-state index in [1.54, 1.807) is 0 Å². The molecular weight excluding hydrogens is 246 g/mol. The Balaban J connectivity index is 2.28. The number of carbonyl (C=O) groups excluding carboxylic acids is 2. The van der Waals surface area contributed by atoms with Gasteiger partial charge in [-0.05, 0) is 12.0 Å². The van der Waals surface area contributed by atoms with Crippen molar-refractivity contribution in [2.24, 2.45) is 0 Å². The normalized spacial score (nSPS) is 24.4. The smallest absolute Gasteiger partial charge is 0.315 e. The molecule has 3 unspecified atom stereocenters. The third-order valence-electron chi connectivity index (χ3n) is 3.31. The zero-order chi connectivity index (χ0) is 13.8. The lowest BCUT2D eigenvalue weighted by molar-refractivity contribution is -0.144. The molecule has 1 heterocycles. The fourth-order valence-electron chi connectivity index (χ4n) is 2.45. The molecule has 0 saturated carbocycles. The van der Waals surface area contributed by atoms with E-state index in [2.05, 4.69) is 5.32 Å². The maximum atomic E-state index is 12.0. The van der Waals surface area contributed by atoms with E-state index in [1.807, 2.05) is 30.3 Å². The van der Waals surface area contributed by atoms with Gasteiger partial charge in [-0.2, -0.15) is 0 Å². The molecule has 1 aliphatic rings. The summed E-state index contributed by atoms with van der Waals surface area (Å²) in [6.07, 6.45) is -0.283. The molecule has 1 aliphatic heterocycles. The number of carbonyl (C=O) groups is 2. The molecule has 5 heteroatoms. The van der Waals surface area contributed by atoms with E-state index in [-0.39, 0.29) is 12.3 Å². The number of hydrogen-bond acceptors (Lipinski definition) is 4. The van der Waals surface area contributed by atoms with Gasteiger partial charge < -0.3 is 15.2 Å². The predicted octanol–water partition coefficient (Wildman–Crippen LogP) is 0.583. The van der Waals surface area contributed by atoms with Crippen molar-refractivity contribution in [2.75, 3.05) is 7.11 Å². The van der Waals surface area contributed by atoms with E-state index in [4.69, 9.17) is 4.74 Å². The molecule has 0 bridgehead atoms. The van der Waals surface area contributed by atoms with Crippen LogP contribution in [0.3, 0.4) is 0 Å². The van der Waals surface area contributed by atoms with Gasteiger partial charge in [-0.1, -0.05) is 30.3 Å². The van der Waals surface area contributed by atoms with Gasteiger partial charge in [0.25, 0.3) is 0 Å². The van der Waals surface area contributed by atoms with Crippen LogP contribution in [0.2, 0.25) is 0 Å². The number of rotatable bonds is 3. The standard InChI is InChI=1S/C14H17NO4/c1-19-14(18)13(9-5-3-2-4-6-9)11-7-10(16)8-12(17)15-11/h2-6,10-11,13,16H,7-8H2,1H3,(H,15,17). The minimum absolute atomic E-state index is 0.0825. The quantitative estimate of drug-likeness (QED) is 0.782. The Morgan fingerprint density at radius 1 is 1.42 bits per heavy atom. The molecule has 1 saturated heterocycles. The highest BCUT2D eigenvalue weighted by Gasteiger charge is 2.36. The fourth-order valence-corrected chi connectivity index (χ4v) is 2.45. The molecule has 19 heavy (non-hydrogen) atoms. The molecule has 0 aliphatic carbocycles. The summed E-state index contributed by atoms with van der Waals surface area (Å²) in [5.41, 5.74) is 0.772. The highest BCUT2D eigenvalue weighted by molar-refractivity contribution is 5.82. The molecule has 3 atom stereocenters. The van der Waals surface area contributed by atoms with Gasteiger partial charge in [0, 0.05) is 6.04 Å². The number of aliphatic hydroxyl groups is 1. The number of nitrogens with one attached hydrogen (secondary N) is 1. The van der Waals surface area contributed by atoms with Crippen LogP contribution in [0.25, 0.3) is 0 Å². The van der Waals surface area contributed by atoms with Crippen LogP contribution in [-0.2, 0) is 14.3 Å². The maximum absolute atomic E-state index is 12.0. The molecular formula is C14H17NO4. The summed E-state index contributed by atoms with van der Waals surface area (Å²) in [6, 6.07) is 8.69. The van der Waals surface area contributed by atoms with Gasteiger partial charge in [-0.15, -0.1) is 0 Å². The summed E-state index contributed by atoms with van der Waals surface area (Å²) >= 11 is 0. The third-order valence-corrected chi connectivity index (χ3v) is 3.31. The number of piperidine rings is 1. The first-order chi connectivity index (χ1) is 9.11. The average Bonchev–Trinajstić information content (AvgIpc) is 2.39. The lowest BCUT2D eigenvalue weighted by Crippen LogP contribution is -2.49. The summed E-state index contributed by atoms with van der Waals surface area (Å²) < 4.78 is 4.82. The number of hydrogen-bond donors (Lipinski definition) is 2. The van der Waals surface area contributed by atoms with E-state index in [0.29, 0.717) is 6.42 Å². The largest absolute Gasteiger partial charge is 0.468 e. The second-order valence-corrected chi connectivity index (χ2v) is 4.68. The lowest BCUT2D eigenvalue weighted by Gasteiger charge is -2.32. The maximum Gasteiger partial charge on any atom is 0.315 e. The van der Waals surface area contributed by atoms with Crippen molar-refractivity contribution in [1.29, 1.82) is 0 Å². The topological polar surface area (TPSA) is 75.6 Å². The van der Waals surface area contributed by atoms with Gasteiger partial charge in [-0.3, -0.25) is 9.59 Å². The Labute approximate surface area is 111 Å². The zero-order valence-corrected chi connectivity index (χ0v) is 10.7. The summed E-state index contributed by atoms with van der Waals surface area (Å²) in [5.74, 6) is -1.25. The van der Waals surface area contributed by atoms with Crippen molar-refractivity contribution < 1.29 is 19.4 Å². The van der Waals surface area contributed by atoms with E-state index >= 15 is 0 Å². The van der Waals surface area contributed by atoms with E-state index in [9.17, 15) is 14.7 Å². The molecule has 1 amide bonds. The Kier molecular flexibility index (Phi) is 4.16. The van der Waals surface area contributed by atoms with Gasteiger partial charge in [0.05, 0.1) is 19.6 Å². The highest BCUT2D eigenvalue weighted by atomic mass is 16.5. The van der Waals surface area contributed by atoms with Crippen molar-refractivity contribution in [1.82, 2.24) is 5.32 Å². The minimum atomic E-state index is -0.713. The predicted molar refractivity (Wildman–Crippen MR) is 68.4 cm³/mol. The zero-order valence-electron chi connectivity index (χ0n) is 10.7. The Morgan fingerprint density at radius 2 is 2.11 bits per heavy atom. The van der Waals surface area contributed by atoms with Gasteiger partial charge in [0.1, 0.15) is 5.92 Å².